The van der Waals surface area contributed by atoms with Crippen LogP contribution in [0.1, 0.15) is 39.0 Å². The first-order chi connectivity index (χ1) is 8.19. The van der Waals surface area contributed by atoms with Crippen molar-refractivity contribution >= 4 is 27.7 Å². The number of anilines is 2. The molecule has 94 valence electrons. The van der Waals surface area contributed by atoms with Crippen molar-refractivity contribution in [1.82, 2.24) is 9.97 Å². The zero-order chi connectivity index (χ0) is 12.3. The fourth-order valence-corrected chi connectivity index (χ4v) is 2.95. The Bertz CT molecular complexity index is 363. The molecule has 1 fully saturated rings. The molecule has 0 aliphatic heterocycles. The highest BCUT2D eigenvalue weighted by molar-refractivity contribution is 9.10. The molecule has 1 aromatic heterocycles. The highest BCUT2D eigenvalue weighted by Crippen LogP contribution is 2.29. The van der Waals surface area contributed by atoms with Gasteiger partial charge < -0.3 is 11.1 Å². The fraction of sp³-hybridized carbons (Fsp3) is 0.667. The Morgan fingerprint density at radius 2 is 2.18 bits per heavy atom. The first-order valence-corrected chi connectivity index (χ1v) is 7.05. The van der Waals surface area contributed by atoms with Gasteiger partial charge in [0, 0.05) is 12.1 Å². The van der Waals surface area contributed by atoms with E-state index in [1.807, 2.05) is 0 Å². The van der Waals surface area contributed by atoms with Crippen LogP contribution in [-0.4, -0.2) is 16.0 Å². The molecule has 1 aromatic rings. The summed E-state index contributed by atoms with van der Waals surface area (Å²) in [6, 6.07) is 2.20. The molecule has 0 aromatic carbocycles. The van der Waals surface area contributed by atoms with Gasteiger partial charge in [-0.15, -0.1) is 0 Å². The summed E-state index contributed by atoms with van der Waals surface area (Å²) in [6.45, 7) is 2.25. The van der Waals surface area contributed by atoms with E-state index in [9.17, 15) is 0 Å². The number of nitrogens with one attached hydrogen (secondary N) is 1. The lowest BCUT2D eigenvalue weighted by atomic mass is 9.83. The molecule has 0 amide bonds. The van der Waals surface area contributed by atoms with E-state index in [1.54, 1.807) is 6.07 Å². The number of rotatable bonds is 3. The van der Waals surface area contributed by atoms with Gasteiger partial charge >= 0.3 is 0 Å². The van der Waals surface area contributed by atoms with E-state index >= 15 is 0 Å². The van der Waals surface area contributed by atoms with E-state index in [0.717, 1.165) is 10.5 Å². The van der Waals surface area contributed by atoms with Gasteiger partial charge in [-0.05, 0) is 34.7 Å². The molecule has 2 unspecified atom stereocenters. The third-order valence-corrected chi connectivity index (χ3v) is 3.87. The molecule has 2 atom stereocenters. The number of aromatic nitrogens is 2. The molecule has 0 spiro atoms. The van der Waals surface area contributed by atoms with Crippen molar-refractivity contribution in [2.24, 2.45) is 5.92 Å². The third kappa shape index (κ3) is 3.31. The van der Waals surface area contributed by atoms with Crippen LogP contribution in [0.5, 0.6) is 0 Å². The standard InChI is InChI=1S/C12H19BrN4/c1-2-8-5-3-4-6-9(8)15-12-16-10(13)7-11(14)17-12/h7-9H,2-6H2,1H3,(H3,14,15,16,17). The van der Waals surface area contributed by atoms with Crippen LogP contribution in [-0.2, 0) is 0 Å². The van der Waals surface area contributed by atoms with E-state index in [2.05, 4.69) is 38.1 Å². The lowest BCUT2D eigenvalue weighted by molar-refractivity contribution is 0.316. The van der Waals surface area contributed by atoms with Crippen molar-refractivity contribution in [3.8, 4) is 0 Å². The molecule has 1 heterocycles. The Morgan fingerprint density at radius 3 is 2.88 bits per heavy atom. The summed E-state index contributed by atoms with van der Waals surface area (Å²) in [6.07, 6.45) is 6.35. The van der Waals surface area contributed by atoms with Crippen LogP contribution in [0.25, 0.3) is 0 Å². The number of halogens is 1. The lowest BCUT2D eigenvalue weighted by Gasteiger charge is -2.31. The Labute approximate surface area is 111 Å². The Kier molecular flexibility index (Phi) is 4.20. The van der Waals surface area contributed by atoms with E-state index in [-0.39, 0.29) is 0 Å². The SMILES string of the molecule is CCC1CCCCC1Nc1nc(N)cc(Br)n1. The average Bonchev–Trinajstić information content (AvgIpc) is 2.28. The van der Waals surface area contributed by atoms with Crippen molar-refractivity contribution in [3.63, 3.8) is 0 Å². The highest BCUT2D eigenvalue weighted by atomic mass is 79.9. The number of nitrogens with two attached hydrogens (primary N) is 1. The quantitative estimate of drug-likeness (QED) is 0.841. The Hall–Kier alpha value is -0.840. The van der Waals surface area contributed by atoms with Gasteiger partial charge in [0.2, 0.25) is 5.95 Å². The minimum absolute atomic E-state index is 0.488. The molecular weight excluding hydrogens is 280 g/mol. The van der Waals surface area contributed by atoms with Crippen molar-refractivity contribution < 1.29 is 0 Å². The van der Waals surface area contributed by atoms with Crippen LogP contribution in [0.15, 0.2) is 10.7 Å². The normalized spacial score (nSPS) is 24.6. The summed E-state index contributed by atoms with van der Waals surface area (Å²) in [5.41, 5.74) is 5.71. The predicted molar refractivity (Wildman–Crippen MR) is 73.8 cm³/mol. The van der Waals surface area contributed by atoms with Gasteiger partial charge in [0.05, 0.1) is 0 Å². The Balaban J connectivity index is 2.08. The van der Waals surface area contributed by atoms with Crippen LogP contribution in [0, 0.1) is 5.92 Å². The molecule has 1 aliphatic carbocycles. The van der Waals surface area contributed by atoms with E-state index in [4.69, 9.17) is 5.73 Å². The van der Waals surface area contributed by atoms with Crippen LogP contribution in [0.3, 0.4) is 0 Å². The monoisotopic (exact) mass is 298 g/mol. The summed E-state index contributed by atoms with van der Waals surface area (Å²) in [7, 11) is 0. The van der Waals surface area contributed by atoms with Crippen LogP contribution >= 0.6 is 15.9 Å². The fourth-order valence-electron chi connectivity index (χ4n) is 2.55. The summed E-state index contributed by atoms with van der Waals surface area (Å²) in [5, 5.41) is 3.43. The first-order valence-electron chi connectivity index (χ1n) is 6.25. The molecule has 4 nitrogen and oxygen atoms in total. The summed E-state index contributed by atoms with van der Waals surface area (Å²) < 4.78 is 0.733. The zero-order valence-corrected chi connectivity index (χ0v) is 11.7. The van der Waals surface area contributed by atoms with Gasteiger partial charge in [-0.1, -0.05) is 26.2 Å². The number of hydrogen-bond acceptors (Lipinski definition) is 4. The molecule has 3 N–H and O–H groups in total. The maximum absolute atomic E-state index is 5.71. The van der Waals surface area contributed by atoms with Crippen LogP contribution < -0.4 is 11.1 Å². The van der Waals surface area contributed by atoms with Gasteiger partial charge in [0.1, 0.15) is 10.4 Å². The summed E-state index contributed by atoms with van der Waals surface area (Å²) in [4.78, 5) is 8.53. The molecule has 0 radical (unpaired) electrons. The van der Waals surface area contributed by atoms with E-state index in [1.165, 1.54) is 32.1 Å². The second kappa shape index (κ2) is 5.67. The van der Waals surface area contributed by atoms with Crippen molar-refractivity contribution in [2.75, 3.05) is 11.1 Å². The van der Waals surface area contributed by atoms with Gasteiger partial charge in [-0.25, -0.2) is 4.98 Å². The largest absolute Gasteiger partial charge is 0.383 e. The van der Waals surface area contributed by atoms with Gasteiger partial charge in [-0.2, -0.15) is 4.98 Å². The molecule has 0 saturated heterocycles. The number of nitrogens with zero attached hydrogens (tertiary/aromatic N) is 2. The average molecular weight is 299 g/mol. The second-order valence-electron chi connectivity index (χ2n) is 4.64. The van der Waals surface area contributed by atoms with Crippen LogP contribution in [0.4, 0.5) is 11.8 Å². The predicted octanol–water partition coefficient (Wildman–Crippen LogP) is 3.20. The molecule has 5 heteroatoms. The minimum Gasteiger partial charge on any atom is -0.383 e. The maximum atomic E-state index is 5.71. The third-order valence-electron chi connectivity index (χ3n) is 3.46. The van der Waals surface area contributed by atoms with Gasteiger partial charge in [-0.3, -0.25) is 0 Å². The van der Waals surface area contributed by atoms with Gasteiger partial charge in [0.15, 0.2) is 0 Å². The highest BCUT2D eigenvalue weighted by Gasteiger charge is 2.24. The topological polar surface area (TPSA) is 63.8 Å². The lowest BCUT2D eigenvalue weighted by Crippen LogP contribution is -2.32. The number of nitrogen functional groups attached to an aromatic ring is 1. The van der Waals surface area contributed by atoms with Gasteiger partial charge in [0.25, 0.3) is 0 Å². The zero-order valence-electron chi connectivity index (χ0n) is 10.1. The molecule has 17 heavy (non-hydrogen) atoms. The minimum atomic E-state index is 0.488. The molecular formula is C12H19BrN4. The molecule has 1 saturated carbocycles. The molecule has 2 rings (SSSR count). The van der Waals surface area contributed by atoms with Crippen molar-refractivity contribution in [1.29, 1.82) is 0 Å². The molecule has 1 aliphatic rings. The van der Waals surface area contributed by atoms with E-state index < -0.39 is 0 Å². The second-order valence-corrected chi connectivity index (χ2v) is 5.46. The van der Waals surface area contributed by atoms with Crippen molar-refractivity contribution in [3.05, 3.63) is 10.7 Å². The summed E-state index contributed by atoms with van der Waals surface area (Å²) >= 11 is 3.34. The van der Waals surface area contributed by atoms with E-state index in [0.29, 0.717) is 17.8 Å². The van der Waals surface area contributed by atoms with Crippen molar-refractivity contribution in [2.45, 2.75) is 45.1 Å². The summed E-state index contributed by atoms with van der Waals surface area (Å²) in [5.74, 6) is 1.87. The maximum Gasteiger partial charge on any atom is 0.225 e. The smallest absolute Gasteiger partial charge is 0.225 e. The first kappa shape index (κ1) is 12.6. The molecule has 0 bridgehead atoms. The Morgan fingerprint density at radius 1 is 1.41 bits per heavy atom. The van der Waals surface area contributed by atoms with Crippen LogP contribution in [0.2, 0.25) is 0 Å². The number of hydrogen-bond donors (Lipinski definition) is 2.